The molecule has 1 aliphatic heterocycles. The van der Waals surface area contributed by atoms with E-state index < -0.39 is 0 Å². The molecule has 1 aliphatic rings. The van der Waals surface area contributed by atoms with Crippen molar-refractivity contribution in [3.05, 3.63) is 41.2 Å². The summed E-state index contributed by atoms with van der Waals surface area (Å²) in [5.74, 6) is 0.153. The van der Waals surface area contributed by atoms with Gasteiger partial charge in [0.15, 0.2) is 0 Å². The summed E-state index contributed by atoms with van der Waals surface area (Å²) in [6, 6.07) is 6.75. The zero-order valence-corrected chi connectivity index (χ0v) is 12.7. The Morgan fingerprint density at radius 1 is 1.38 bits per heavy atom. The third kappa shape index (κ3) is 3.48. The molecule has 1 unspecified atom stereocenters. The Morgan fingerprint density at radius 2 is 2.24 bits per heavy atom. The van der Waals surface area contributed by atoms with Crippen LogP contribution in [0.15, 0.2) is 29.6 Å². The molecule has 2 heterocycles. The van der Waals surface area contributed by atoms with Crippen LogP contribution >= 0.6 is 11.3 Å². The minimum absolute atomic E-state index is 0.225. The molecule has 21 heavy (non-hydrogen) atoms. The third-order valence-corrected chi connectivity index (χ3v) is 4.83. The van der Waals surface area contributed by atoms with Crippen molar-refractivity contribution in [1.29, 1.82) is 0 Å². The number of aliphatic hydroxyl groups is 1. The fourth-order valence-corrected chi connectivity index (χ4v) is 3.65. The molecule has 0 radical (unpaired) electrons. The van der Waals surface area contributed by atoms with Gasteiger partial charge in [-0.05, 0) is 37.4 Å². The van der Waals surface area contributed by atoms with Crippen LogP contribution in [0, 0.1) is 11.7 Å². The lowest BCUT2D eigenvalue weighted by atomic mass is 9.99. The van der Waals surface area contributed by atoms with Crippen molar-refractivity contribution in [2.24, 2.45) is 5.92 Å². The summed E-state index contributed by atoms with van der Waals surface area (Å²) < 4.78 is 13.8. The van der Waals surface area contributed by atoms with E-state index in [-0.39, 0.29) is 12.4 Å². The number of rotatable bonds is 4. The first-order valence-electron chi connectivity index (χ1n) is 7.29. The lowest BCUT2D eigenvalue weighted by molar-refractivity contribution is 0.115. The van der Waals surface area contributed by atoms with Crippen molar-refractivity contribution in [3.8, 4) is 10.6 Å². The maximum Gasteiger partial charge on any atom is 0.133 e. The number of nitrogens with zero attached hydrogens (tertiary/aromatic N) is 2. The monoisotopic (exact) mass is 306 g/mol. The molecule has 0 saturated carbocycles. The lowest BCUT2D eigenvalue weighted by Gasteiger charge is -2.31. The molecule has 2 aromatic rings. The lowest BCUT2D eigenvalue weighted by Crippen LogP contribution is -2.36. The van der Waals surface area contributed by atoms with E-state index in [1.165, 1.54) is 17.4 Å². The first-order valence-corrected chi connectivity index (χ1v) is 8.16. The van der Waals surface area contributed by atoms with Gasteiger partial charge in [-0.3, -0.25) is 4.90 Å². The standard InChI is InChI=1S/C16H19FN2OS/c17-15-6-2-1-5-14(15)16-18-13(11-21-16)9-19-7-3-4-12(8-19)10-20/h1-2,5-6,11-12,20H,3-4,7-10H2. The number of aliphatic hydroxyl groups excluding tert-OH is 1. The van der Waals surface area contributed by atoms with Gasteiger partial charge < -0.3 is 5.11 Å². The minimum Gasteiger partial charge on any atom is -0.396 e. The molecule has 1 aromatic heterocycles. The van der Waals surface area contributed by atoms with Gasteiger partial charge in [-0.2, -0.15) is 0 Å². The van der Waals surface area contributed by atoms with Crippen LogP contribution in [0.3, 0.4) is 0 Å². The fourth-order valence-electron chi connectivity index (χ4n) is 2.81. The van der Waals surface area contributed by atoms with Gasteiger partial charge in [-0.25, -0.2) is 9.37 Å². The second-order valence-corrected chi connectivity index (χ2v) is 6.41. The molecule has 0 spiro atoms. The molecule has 5 heteroatoms. The predicted octanol–water partition coefficient (Wildman–Crippen LogP) is 3.15. The van der Waals surface area contributed by atoms with E-state index in [9.17, 15) is 9.50 Å². The maximum absolute atomic E-state index is 13.8. The summed E-state index contributed by atoms with van der Waals surface area (Å²) in [6.45, 7) is 3.00. The number of benzene rings is 1. The Bertz CT molecular complexity index is 601. The van der Waals surface area contributed by atoms with Gasteiger partial charge in [0.2, 0.25) is 0 Å². The topological polar surface area (TPSA) is 36.4 Å². The van der Waals surface area contributed by atoms with Crippen LogP contribution in [0.2, 0.25) is 0 Å². The molecule has 1 fully saturated rings. The number of thiazole rings is 1. The zero-order chi connectivity index (χ0) is 14.7. The molecule has 0 amide bonds. The normalized spacial score (nSPS) is 19.8. The van der Waals surface area contributed by atoms with Gasteiger partial charge in [0.1, 0.15) is 10.8 Å². The van der Waals surface area contributed by atoms with E-state index in [0.29, 0.717) is 11.5 Å². The van der Waals surface area contributed by atoms with E-state index in [1.54, 1.807) is 12.1 Å². The van der Waals surface area contributed by atoms with Gasteiger partial charge in [-0.15, -0.1) is 11.3 Å². The molecule has 1 N–H and O–H groups in total. The second kappa shape index (κ2) is 6.64. The van der Waals surface area contributed by atoms with Crippen molar-refractivity contribution >= 4 is 11.3 Å². The largest absolute Gasteiger partial charge is 0.396 e. The Morgan fingerprint density at radius 3 is 3.05 bits per heavy atom. The van der Waals surface area contributed by atoms with Crippen LogP contribution in [0.4, 0.5) is 4.39 Å². The van der Waals surface area contributed by atoms with Gasteiger partial charge in [0.25, 0.3) is 0 Å². The van der Waals surface area contributed by atoms with Crippen molar-refractivity contribution < 1.29 is 9.50 Å². The van der Waals surface area contributed by atoms with Crippen LogP contribution in [0.5, 0.6) is 0 Å². The molecule has 1 aromatic carbocycles. The SMILES string of the molecule is OCC1CCCN(Cc2csc(-c3ccccc3F)n2)C1. The summed E-state index contributed by atoms with van der Waals surface area (Å²) in [6.07, 6.45) is 2.22. The Labute approximate surface area is 128 Å². The maximum atomic E-state index is 13.8. The highest BCUT2D eigenvalue weighted by atomic mass is 32.1. The van der Waals surface area contributed by atoms with Crippen LogP contribution in [-0.2, 0) is 6.54 Å². The molecule has 1 atom stereocenters. The summed E-state index contributed by atoms with van der Waals surface area (Å²) in [4.78, 5) is 6.88. The summed E-state index contributed by atoms with van der Waals surface area (Å²) >= 11 is 1.48. The number of hydrogen-bond donors (Lipinski definition) is 1. The van der Waals surface area contributed by atoms with Crippen LogP contribution < -0.4 is 0 Å². The number of aromatic nitrogens is 1. The first kappa shape index (κ1) is 14.6. The number of piperidine rings is 1. The Kier molecular flexibility index (Phi) is 4.63. The molecular weight excluding hydrogens is 287 g/mol. The van der Waals surface area contributed by atoms with Crippen molar-refractivity contribution in [2.75, 3.05) is 19.7 Å². The molecule has 0 aliphatic carbocycles. The Hall–Kier alpha value is -1.30. The van der Waals surface area contributed by atoms with Crippen LogP contribution in [-0.4, -0.2) is 34.7 Å². The number of likely N-dealkylation sites (tertiary alicyclic amines) is 1. The molecule has 0 bridgehead atoms. The van der Waals surface area contributed by atoms with Gasteiger partial charge in [-0.1, -0.05) is 12.1 Å². The highest BCUT2D eigenvalue weighted by Crippen LogP contribution is 2.27. The van der Waals surface area contributed by atoms with Crippen LogP contribution in [0.25, 0.3) is 10.6 Å². The first-order chi connectivity index (χ1) is 10.3. The third-order valence-electron chi connectivity index (χ3n) is 3.90. The molecular formula is C16H19FN2OS. The van der Waals surface area contributed by atoms with Crippen molar-refractivity contribution in [1.82, 2.24) is 9.88 Å². The summed E-state index contributed by atoms with van der Waals surface area (Å²) in [7, 11) is 0. The number of halogens is 1. The minimum atomic E-state index is -0.225. The van der Waals surface area contributed by atoms with E-state index >= 15 is 0 Å². The van der Waals surface area contributed by atoms with Crippen LogP contribution in [0.1, 0.15) is 18.5 Å². The smallest absolute Gasteiger partial charge is 0.133 e. The van der Waals surface area contributed by atoms with Crippen molar-refractivity contribution in [2.45, 2.75) is 19.4 Å². The van der Waals surface area contributed by atoms with Gasteiger partial charge >= 0.3 is 0 Å². The van der Waals surface area contributed by atoms with Gasteiger partial charge in [0, 0.05) is 30.6 Å². The fraction of sp³-hybridized carbons (Fsp3) is 0.438. The molecule has 1 saturated heterocycles. The van der Waals surface area contributed by atoms with Crippen molar-refractivity contribution in [3.63, 3.8) is 0 Å². The van der Waals surface area contributed by atoms with E-state index in [4.69, 9.17) is 0 Å². The quantitative estimate of drug-likeness (QED) is 0.942. The summed E-state index contributed by atoms with van der Waals surface area (Å²) in [5.41, 5.74) is 1.55. The predicted molar refractivity (Wildman–Crippen MR) is 82.6 cm³/mol. The average molecular weight is 306 g/mol. The van der Waals surface area contributed by atoms with E-state index in [2.05, 4.69) is 9.88 Å². The highest BCUT2D eigenvalue weighted by Gasteiger charge is 2.20. The second-order valence-electron chi connectivity index (χ2n) is 5.55. The molecule has 3 nitrogen and oxygen atoms in total. The van der Waals surface area contributed by atoms with E-state index in [0.717, 1.165) is 43.2 Å². The van der Waals surface area contributed by atoms with E-state index in [1.807, 2.05) is 11.4 Å². The number of hydrogen-bond acceptors (Lipinski definition) is 4. The average Bonchev–Trinajstić information content (AvgIpc) is 2.96. The summed E-state index contributed by atoms with van der Waals surface area (Å²) in [5, 5.41) is 12.0. The zero-order valence-electron chi connectivity index (χ0n) is 11.8. The van der Waals surface area contributed by atoms with Gasteiger partial charge in [0.05, 0.1) is 5.69 Å². The Balaban J connectivity index is 1.69. The molecule has 3 rings (SSSR count). The highest BCUT2D eigenvalue weighted by molar-refractivity contribution is 7.13. The molecule has 112 valence electrons.